The van der Waals surface area contributed by atoms with Crippen LogP contribution in [-0.2, 0) is 4.79 Å². The average molecular weight is 383 g/mol. The van der Waals surface area contributed by atoms with Crippen molar-refractivity contribution in [3.05, 3.63) is 63.6 Å². The Morgan fingerprint density at radius 1 is 1.04 bits per heavy atom. The molecule has 0 saturated carbocycles. The Labute approximate surface area is 154 Å². The summed E-state index contributed by atoms with van der Waals surface area (Å²) in [7, 11) is 0. The van der Waals surface area contributed by atoms with Crippen LogP contribution in [0.3, 0.4) is 0 Å². The number of hydrogen-bond donors (Lipinski definition) is 2. The molecule has 4 nitrogen and oxygen atoms in total. The maximum Gasteiger partial charge on any atom is 0.271 e. The minimum Gasteiger partial charge on any atom is -0.272 e. The van der Waals surface area contributed by atoms with E-state index in [9.17, 15) is 9.59 Å². The topological polar surface area (TPSA) is 58.2 Å². The van der Waals surface area contributed by atoms with E-state index in [0.29, 0.717) is 5.02 Å². The molecule has 0 saturated heterocycles. The van der Waals surface area contributed by atoms with Crippen LogP contribution in [0.1, 0.15) is 22.8 Å². The minimum atomic E-state index is -0.525. The summed E-state index contributed by atoms with van der Waals surface area (Å²) in [5.41, 5.74) is 6.10. The summed E-state index contributed by atoms with van der Waals surface area (Å²) in [6.45, 7) is 3.76. The largest absolute Gasteiger partial charge is 0.272 e. The van der Waals surface area contributed by atoms with Gasteiger partial charge in [-0.15, -0.1) is 11.8 Å². The first-order chi connectivity index (χ1) is 11.4. The van der Waals surface area contributed by atoms with Crippen LogP contribution in [-0.4, -0.2) is 17.1 Å². The summed E-state index contributed by atoms with van der Waals surface area (Å²) >= 11 is 13.2. The first-order valence-electron chi connectivity index (χ1n) is 7.15. The second kappa shape index (κ2) is 8.42. The van der Waals surface area contributed by atoms with Crippen molar-refractivity contribution in [2.24, 2.45) is 0 Å². The number of nitrogens with one attached hydrogen (secondary N) is 2. The molecule has 2 aromatic carbocycles. The van der Waals surface area contributed by atoms with Crippen molar-refractivity contribution >= 4 is 46.8 Å². The van der Waals surface area contributed by atoms with Crippen molar-refractivity contribution in [3.63, 3.8) is 0 Å². The minimum absolute atomic E-state index is 0.198. The van der Waals surface area contributed by atoms with Gasteiger partial charge in [-0.3, -0.25) is 20.4 Å². The van der Waals surface area contributed by atoms with Gasteiger partial charge in [-0.2, -0.15) is 0 Å². The van der Waals surface area contributed by atoms with Crippen LogP contribution >= 0.6 is 35.0 Å². The number of amides is 2. The monoisotopic (exact) mass is 382 g/mol. The third-order valence-corrected chi connectivity index (χ3v) is 4.85. The van der Waals surface area contributed by atoms with Gasteiger partial charge in [0.15, 0.2) is 0 Å². The van der Waals surface area contributed by atoms with Gasteiger partial charge in [-0.1, -0.05) is 40.9 Å². The third-order valence-electron chi connectivity index (χ3n) is 3.18. The fraction of sp³-hybridized carbons (Fsp3) is 0.176. The number of aryl methyl sites for hydroxylation is 1. The van der Waals surface area contributed by atoms with E-state index in [2.05, 4.69) is 10.9 Å². The van der Waals surface area contributed by atoms with Gasteiger partial charge in [0, 0.05) is 9.92 Å². The molecule has 0 unspecified atom stereocenters. The summed E-state index contributed by atoms with van der Waals surface area (Å²) in [6.07, 6.45) is 0. The van der Waals surface area contributed by atoms with E-state index < -0.39 is 5.91 Å². The maximum atomic E-state index is 12.1. The molecule has 0 bridgehead atoms. The number of rotatable bonds is 4. The summed E-state index contributed by atoms with van der Waals surface area (Å²) in [6, 6.07) is 12.4. The van der Waals surface area contributed by atoms with E-state index in [4.69, 9.17) is 23.2 Å². The molecule has 0 aliphatic carbocycles. The van der Waals surface area contributed by atoms with E-state index in [1.807, 2.05) is 31.2 Å². The zero-order valence-corrected chi connectivity index (χ0v) is 15.4. The highest BCUT2D eigenvalue weighted by atomic mass is 35.5. The van der Waals surface area contributed by atoms with Crippen LogP contribution in [0.15, 0.2) is 47.4 Å². The van der Waals surface area contributed by atoms with E-state index in [-0.39, 0.29) is 21.7 Å². The molecule has 0 aromatic heterocycles. The number of halogens is 2. The van der Waals surface area contributed by atoms with E-state index >= 15 is 0 Å². The first-order valence-corrected chi connectivity index (χ1v) is 8.79. The molecule has 2 rings (SSSR count). The lowest BCUT2D eigenvalue weighted by Gasteiger charge is -2.13. The summed E-state index contributed by atoms with van der Waals surface area (Å²) in [5, 5.41) is 0.273. The molecule has 0 aliphatic rings. The molecule has 0 radical (unpaired) electrons. The number of carbonyl (C=O) groups is 2. The van der Waals surface area contributed by atoms with E-state index in [1.54, 1.807) is 13.0 Å². The van der Waals surface area contributed by atoms with Gasteiger partial charge in [-0.25, -0.2) is 0 Å². The molecule has 2 amide bonds. The summed E-state index contributed by atoms with van der Waals surface area (Å²) in [4.78, 5) is 25.1. The van der Waals surface area contributed by atoms with Gasteiger partial charge >= 0.3 is 0 Å². The molecule has 0 fully saturated rings. The molecule has 2 N–H and O–H groups in total. The Morgan fingerprint density at radius 2 is 1.71 bits per heavy atom. The van der Waals surface area contributed by atoms with Crippen molar-refractivity contribution < 1.29 is 9.59 Å². The molecular formula is C17H16Cl2N2O2S. The number of hydrogen-bond acceptors (Lipinski definition) is 3. The number of benzene rings is 2. The zero-order chi connectivity index (χ0) is 17.7. The fourth-order valence-electron chi connectivity index (χ4n) is 1.83. The van der Waals surface area contributed by atoms with Gasteiger partial charge in [0.1, 0.15) is 0 Å². The van der Waals surface area contributed by atoms with Crippen LogP contribution in [0.5, 0.6) is 0 Å². The molecule has 24 heavy (non-hydrogen) atoms. The maximum absolute atomic E-state index is 12.1. The predicted octanol–water partition coefficient (Wildman–Crippen LogP) is 4.24. The van der Waals surface area contributed by atoms with Crippen LogP contribution in [0.25, 0.3) is 0 Å². The highest BCUT2D eigenvalue weighted by molar-refractivity contribution is 8.00. The molecule has 1 atom stereocenters. The molecule has 126 valence electrons. The predicted molar refractivity (Wildman–Crippen MR) is 98.6 cm³/mol. The average Bonchev–Trinajstić information content (AvgIpc) is 2.56. The normalized spacial score (nSPS) is 11.7. The number of carbonyl (C=O) groups excluding carboxylic acids is 2. The van der Waals surface area contributed by atoms with Crippen molar-refractivity contribution in [2.75, 3.05) is 0 Å². The Morgan fingerprint density at radius 3 is 2.38 bits per heavy atom. The van der Waals surface area contributed by atoms with Crippen LogP contribution < -0.4 is 10.9 Å². The standard InChI is InChI=1S/C17H16Cl2N2O2S/c1-10-3-6-13(7-4-10)24-11(2)16(22)20-21-17(23)14-9-12(18)5-8-15(14)19/h3-9,11H,1-2H3,(H,20,22)(H,21,23)/t11-/m1/s1. The third kappa shape index (κ3) is 5.16. The SMILES string of the molecule is Cc1ccc(S[C@H](C)C(=O)NNC(=O)c2cc(Cl)ccc2Cl)cc1. The number of thioether (sulfide) groups is 1. The Kier molecular flexibility index (Phi) is 6.54. The Balaban J connectivity index is 1.91. The summed E-state index contributed by atoms with van der Waals surface area (Å²) < 4.78 is 0. The van der Waals surface area contributed by atoms with Crippen molar-refractivity contribution in [1.29, 1.82) is 0 Å². The lowest BCUT2D eigenvalue weighted by Crippen LogP contribution is -2.45. The van der Waals surface area contributed by atoms with Gasteiger partial charge < -0.3 is 0 Å². The second-order valence-electron chi connectivity index (χ2n) is 5.14. The fourth-order valence-corrected chi connectivity index (χ4v) is 3.08. The Hall–Kier alpha value is -1.69. The van der Waals surface area contributed by atoms with E-state index in [0.717, 1.165) is 10.5 Å². The molecule has 2 aromatic rings. The van der Waals surface area contributed by atoms with Crippen molar-refractivity contribution in [3.8, 4) is 0 Å². The molecule has 0 aliphatic heterocycles. The van der Waals surface area contributed by atoms with Crippen molar-refractivity contribution in [2.45, 2.75) is 24.0 Å². The quantitative estimate of drug-likeness (QED) is 0.613. The van der Waals surface area contributed by atoms with Gasteiger partial charge in [0.05, 0.1) is 15.8 Å². The second-order valence-corrected chi connectivity index (χ2v) is 7.40. The molecule has 0 heterocycles. The molecule has 7 heteroatoms. The van der Waals surface area contributed by atoms with Gasteiger partial charge in [-0.05, 0) is 44.2 Å². The van der Waals surface area contributed by atoms with E-state index in [1.165, 1.54) is 23.9 Å². The van der Waals surface area contributed by atoms with Crippen LogP contribution in [0.4, 0.5) is 0 Å². The lowest BCUT2D eigenvalue weighted by molar-refractivity contribution is -0.121. The van der Waals surface area contributed by atoms with Gasteiger partial charge in [0.25, 0.3) is 11.8 Å². The van der Waals surface area contributed by atoms with Crippen LogP contribution in [0, 0.1) is 6.92 Å². The number of hydrazine groups is 1. The highest BCUT2D eigenvalue weighted by Gasteiger charge is 2.16. The molecule has 0 spiro atoms. The molecular weight excluding hydrogens is 367 g/mol. The summed E-state index contributed by atoms with van der Waals surface area (Å²) in [5.74, 6) is -0.838. The smallest absolute Gasteiger partial charge is 0.271 e. The van der Waals surface area contributed by atoms with Gasteiger partial charge in [0.2, 0.25) is 0 Å². The highest BCUT2D eigenvalue weighted by Crippen LogP contribution is 2.23. The van der Waals surface area contributed by atoms with Crippen molar-refractivity contribution in [1.82, 2.24) is 10.9 Å². The Bertz CT molecular complexity index is 751. The lowest BCUT2D eigenvalue weighted by atomic mass is 10.2. The first kappa shape index (κ1) is 18.6. The zero-order valence-electron chi connectivity index (χ0n) is 13.1. The van der Waals surface area contributed by atoms with Crippen LogP contribution in [0.2, 0.25) is 10.0 Å².